The van der Waals surface area contributed by atoms with Gasteiger partial charge in [0.05, 0.1) is 17.6 Å². The first kappa shape index (κ1) is 16.2. The van der Waals surface area contributed by atoms with Gasteiger partial charge in [0.25, 0.3) is 0 Å². The minimum absolute atomic E-state index is 0. The standard InChI is InChI=1S/C12H10ClN7S.ClH/c13-9-6-20-8(5-17-19-11(14)15)10(18-12(20)21-9)7-3-1-2-4-16-7;/h1-6H,(H4,14,15,19);1H/b17-5+;. The lowest BCUT2D eigenvalue weighted by Crippen LogP contribution is -2.21. The van der Waals surface area contributed by atoms with Crippen LogP contribution in [0.4, 0.5) is 0 Å². The summed E-state index contributed by atoms with van der Waals surface area (Å²) in [5.41, 5.74) is 12.6. The molecule has 0 aliphatic carbocycles. The zero-order valence-electron chi connectivity index (χ0n) is 11.0. The molecule has 0 aliphatic heterocycles. The molecular weight excluding hydrogens is 345 g/mol. The summed E-state index contributed by atoms with van der Waals surface area (Å²) in [6.45, 7) is 0. The highest BCUT2D eigenvalue weighted by atomic mass is 35.5. The van der Waals surface area contributed by atoms with Crippen molar-refractivity contribution in [2.75, 3.05) is 0 Å². The number of fused-ring (bicyclic) bond motifs is 1. The van der Waals surface area contributed by atoms with E-state index in [4.69, 9.17) is 23.1 Å². The van der Waals surface area contributed by atoms with Gasteiger partial charge < -0.3 is 11.5 Å². The minimum atomic E-state index is -0.116. The van der Waals surface area contributed by atoms with Gasteiger partial charge in [0.15, 0.2) is 4.96 Å². The van der Waals surface area contributed by atoms with E-state index in [0.717, 1.165) is 10.7 Å². The van der Waals surface area contributed by atoms with E-state index in [2.05, 4.69) is 20.2 Å². The van der Waals surface area contributed by atoms with Gasteiger partial charge in [-0.15, -0.1) is 17.5 Å². The van der Waals surface area contributed by atoms with Crippen molar-refractivity contribution in [1.29, 1.82) is 0 Å². The molecule has 3 rings (SSSR count). The van der Waals surface area contributed by atoms with Crippen LogP contribution in [0.2, 0.25) is 4.34 Å². The first-order chi connectivity index (χ1) is 10.1. The molecule has 0 fully saturated rings. The zero-order valence-corrected chi connectivity index (χ0v) is 13.4. The molecule has 22 heavy (non-hydrogen) atoms. The predicted molar refractivity (Wildman–Crippen MR) is 92.0 cm³/mol. The number of thiazole rings is 1. The predicted octanol–water partition coefficient (Wildman–Crippen LogP) is 2.14. The summed E-state index contributed by atoms with van der Waals surface area (Å²) in [7, 11) is 0. The molecule has 0 saturated carbocycles. The first-order valence-electron chi connectivity index (χ1n) is 5.86. The Hall–Kier alpha value is -2.16. The number of guanidine groups is 1. The van der Waals surface area contributed by atoms with Gasteiger partial charge in [-0.3, -0.25) is 9.38 Å². The van der Waals surface area contributed by atoms with E-state index in [0.29, 0.717) is 15.7 Å². The Labute approximate surface area is 140 Å². The normalized spacial score (nSPS) is 10.8. The van der Waals surface area contributed by atoms with E-state index in [1.165, 1.54) is 17.6 Å². The summed E-state index contributed by atoms with van der Waals surface area (Å²) >= 11 is 7.37. The summed E-state index contributed by atoms with van der Waals surface area (Å²) in [5.74, 6) is -0.116. The van der Waals surface area contributed by atoms with Gasteiger partial charge in [-0.05, 0) is 12.1 Å². The number of aromatic nitrogens is 3. The SMILES string of the molecule is Cl.NC(N)=N/N=C/c1c(-c2ccccn2)nc2sc(Cl)cn12. The molecule has 0 radical (unpaired) electrons. The number of pyridine rings is 1. The number of imidazole rings is 1. The van der Waals surface area contributed by atoms with Crippen LogP contribution in [0.5, 0.6) is 0 Å². The Balaban J connectivity index is 0.00000176. The highest BCUT2D eigenvalue weighted by Gasteiger charge is 2.15. The van der Waals surface area contributed by atoms with Crippen molar-refractivity contribution in [3.63, 3.8) is 0 Å². The maximum atomic E-state index is 6.01. The second kappa shape index (κ2) is 6.73. The average Bonchev–Trinajstić information content (AvgIpc) is 2.97. The molecule has 0 spiro atoms. The van der Waals surface area contributed by atoms with E-state index in [1.54, 1.807) is 12.4 Å². The maximum Gasteiger partial charge on any atom is 0.211 e. The number of nitrogens with zero attached hydrogens (tertiary/aromatic N) is 5. The van der Waals surface area contributed by atoms with Crippen LogP contribution < -0.4 is 11.5 Å². The molecule has 0 aliphatic rings. The van der Waals surface area contributed by atoms with Crippen LogP contribution in [-0.4, -0.2) is 26.5 Å². The zero-order chi connectivity index (χ0) is 14.8. The molecule has 0 aromatic carbocycles. The summed E-state index contributed by atoms with van der Waals surface area (Å²) < 4.78 is 2.45. The molecule has 4 N–H and O–H groups in total. The molecule has 3 aromatic heterocycles. The summed E-state index contributed by atoms with van der Waals surface area (Å²) in [4.78, 5) is 9.58. The topological polar surface area (TPSA) is 107 Å². The van der Waals surface area contributed by atoms with Crippen molar-refractivity contribution in [3.05, 3.63) is 40.6 Å². The molecule has 0 amide bonds. The van der Waals surface area contributed by atoms with Crippen LogP contribution in [0.25, 0.3) is 16.3 Å². The summed E-state index contributed by atoms with van der Waals surface area (Å²) in [6.07, 6.45) is 4.98. The fourth-order valence-corrected chi connectivity index (χ4v) is 2.82. The Morgan fingerprint density at radius 2 is 2.18 bits per heavy atom. The van der Waals surface area contributed by atoms with Crippen molar-refractivity contribution in [1.82, 2.24) is 14.4 Å². The fraction of sp³-hybridized carbons (Fsp3) is 0. The molecule has 3 aromatic rings. The van der Waals surface area contributed by atoms with Crippen molar-refractivity contribution < 1.29 is 0 Å². The Bertz CT molecular complexity index is 834. The van der Waals surface area contributed by atoms with Gasteiger partial charge in [0.1, 0.15) is 10.0 Å². The van der Waals surface area contributed by atoms with Crippen LogP contribution in [0.15, 0.2) is 40.8 Å². The van der Waals surface area contributed by atoms with Gasteiger partial charge in [0.2, 0.25) is 5.96 Å². The van der Waals surface area contributed by atoms with Crippen LogP contribution in [0.3, 0.4) is 0 Å². The van der Waals surface area contributed by atoms with Crippen LogP contribution in [-0.2, 0) is 0 Å². The second-order valence-corrected chi connectivity index (χ2v) is 5.66. The highest BCUT2D eigenvalue weighted by molar-refractivity contribution is 7.20. The molecule has 114 valence electrons. The number of rotatable bonds is 3. The van der Waals surface area contributed by atoms with Gasteiger partial charge in [-0.2, -0.15) is 5.10 Å². The monoisotopic (exact) mass is 355 g/mol. The third kappa shape index (κ3) is 3.19. The smallest absolute Gasteiger partial charge is 0.211 e. The van der Waals surface area contributed by atoms with E-state index in [9.17, 15) is 0 Å². The Morgan fingerprint density at radius 3 is 2.86 bits per heavy atom. The highest BCUT2D eigenvalue weighted by Crippen LogP contribution is 2.28. The lowest BCUT2D eigenvalue weighted by Gasteiger charge is -1.97. The lowest BCUT2D eigenvalue weighted by atomic mass is 10.2. The first-order valence-corrected chi connectivity index (χ1v) is 7.05. The summed E-state index contributed by atoms with van der Waals surface area (Å²) in [5, 5.41) is 7.44. The molecule has 10 heteroatoms. The lowest BCUT2D eigenvalue weighted by molar-refractivity contribution is 1.18. The van der Waals surface area contributed by atoms with Crippen molar-refractivity contribution >= 4 is 52.5 Å². The van der Waals surface area contributed by atoms with E-state index in [-0.39, 0.29) is 18.4 Å². The number of hydrogen-bond donors (Lipinski definition) is 2. The summed E-state index contributed by atoms with van der Waals surface area (Å²) in [6, 6.07) is 5.59. The second-order valence-electron chi connectivity index (χ2n) is 4.02. The van der Waals surface area contributed by atoms with Gasteiger partial charge in [-0.1, -0.05) is 29.0 Å². The number of halogens is 2. The quantitative estimate of drug-likeness (QED) is 0.426. The molecule has 0 bridgehead atoms. The average molecular weight is 356 g/mol. The molecule has 7 nitrogen and oxygen atoms in total. The number of hydrogen-bond acceptors (Lipinski definition) is 5. The van der Waals surface area contributed by atoms with Gasteiger partial charge >= 0.3 is 0 Å². The molecule has 0 saturated heterocycles. The Kier molecular flexibility index (Phi) is 4.96. The van der Waals surface area contributed by atoms with Crippen molar-refractivity contribution in [2.45, 2.75) is 0 Å². The van der Waals surface area contributed by atoms with Crippen LogP contribution >= 0.6 is 35.3 Å². The Morgan fingerprint density at radius 1 is 1.36 bits per heavy atom. The van der Waals surface area contributed by atoms with E-state index >= 15 is 0 Å². The van der Waals surface area contributed by atoms with Gasteiger partial charge in [0, 0.05) is 12.4 Å². The van der Waals surface area contributed by atoms with Crippen LogP contribution in [0, 0.1) is 0 Å². The largest absolute Gasteiger partial charge is 0.369 e. The van der Waals surface area contributed by atoms with Crippen molar-refractivity contribution in [3.8, 4) is 11.4 Å². The van der Waals surface area contributed by atoms with E-state index < -0.39 is 0 Å². The fourth-order valence-electron chi connectivity index (χ4n) is 1.80. The number of nitrogens with two attached hydrogens (primary N) is 2. The molecule has 0 unspecified atom stereocenters. The van der Waals surface area contributed by atoms with E-state index in [1.807, 2.05) is 22.6 Å². The molecule has 3 heterocycles. The van der Waals surface area contributed by atoms with Crippen molar-refractivity contribution in [2.24, 2.45) is 21.7 Å². The third-order valence-electron chi connectivity index (χ3n) is 2.60. The third-order valence-corrected chi connectivity index (χ3v) is 3.70. The van der Waals surface area contributed by atoms with Gasteiger partial charge in [-0.25, -0.2) is 4.98 Å². The minimum Gasteiger partial charge on any atom is -0.369 e. The molecular formula is C12H11Cl2N7S. The molecule has 0 atom stereocenters. The van der Waals surface area contributed by atoms with Crippen LogP contribution in [0.1, 0.15) is 5.69 Å². The maximum absolute atomic E-state index is 6.01.